The van der Waals surface area contributed by atoms with Crippen LogP contribution in [0.15, 0.2) is 36.4 Å². The van der Waals surface area contributed by atoms with Crippen LogP contribution in [0.25, 0.3) is 0 Å². The van der Waals surface area contributed by atoms with Gasteiger partial charge in [0.15, 0.2) is 0 Å². The van der Waals surface area contributed by atoms with E-state index in [0.717, 1.165) is 23.1 Å². The van der Waals surface area contributed by atoms with Gasteiger partial charge >= 0.3 is 5.97 Å². The molecule has 118 valence electrons. The van der Waals surface area contributed by atoms with Gasteiger partial charge in [-0.25, -0.2) is 0 Å². The summed E-state index contributed by atoms with van der Waals surface area (Å²) in [4.78, 5) is 10.7. The summed E-state index contributed by atoms with van der Waals surface area (Å²) in [5.41, 5.74) is 3.49. The number of carbonyl (C=O) groups is 1. The van der Waals surface area contributed by atoms with E-state index in [1.54, 1.807) is 6.07 Å². The van der Waals surface area contributed by atoms with Crippen molar-refractivity contribution in [2.75, 3.05) is 0 Å². The van der Waals surface area contributed by atoms with Gasteiger partial charge in [0.05, 0.1) is 5.56 Å². The van der Waals surface area contributed by atoms with E-state index in [-0.39, 0.29) is 6.42 Å². The predicted octanol–water partition coefficient (Wildman–Crippen LogP) is 4.24. The molecule has 0 aliphatic heterocycles. The van der Waals surface area contributed by atoms with Crippen LogP contribution in [0, 0.1) is 18.3 Å². The van der Waals surface area contributed by atoms with Crippen LogP contribution in [-0.2, 0) is 17.6 Å². The second kappa shape index (κ2) is 7.46. The van der Waals surface area contributed by atoms with Crippen molar-refractivity contribution in [1.82, 2.24) is 0 Å². The molecule has 0 heterocycles. The lowest BCUT2D eigenvalue weighted by Crippen LogP contribution is -2.01. The maximum atomic E-state index is 10.7. The smallest absolute Gasteiger partial charge is 0.303 e. The molecule has 0 aliphatic rings. The molecule has 4 heteroatoms. The second-order valence-electron chi connectivity index (χ2n) is 5.34. The summed E-state index contributed by atoms with van der Waals surface area (Å²) < 4.78 is 5.87. The zero-order chi connectivity index (χ0) is 16.8. The molecule has 1 N–H and O–H groups in total. The van der Waals surface area contributed by atoms with E-state index in [1.165, 1.54) is 0 Å². The van der Waals surface area contributed by atoms with Gasteiger partial charge in [-0.1, -0.05) is 25.1 Å². The first kappa shape index (κ1) is 16.6. The first-order chi connectivity index (χ1) is 11.0. The summed E-state index contributed by atoms with van der Waals surface area (Å²) in [6, 6.07) is 13.3. The number of nitrogens with zero attached hydrogens (tertiary/aromatic N) is 1. The molecular formula is C19H19NO3. The van der Waals surface area contributed by atoms with Gasteiger partial charge in [0, 0.05) is 6.42 Å². The zero-order valence-electron chi connectivity index (χ0n) is 13.3. The third kappa shape index (κ3) is 4.10. The number of carboxylic acid groups (broad SMARTS) is 1. The Morgan fingerprint density at radius 3 is 2.70 bits per heavy atom. The normalized spacial score (nSPS) is 10.1. The van der Waals surface area contributed by atoms with Crippen molar-refractivity contribution in [2.45, 2.75) is 33.1 Å². The van der Waals surface area contributed by atoms with Gasteiger partial charge in [0.25, 0.3) is 0 Å². The Labute approximate surface area is 136 Å². The fourth-order valence-corrected chi connectivity index (χ4v) is 2.48. The molecule has 23 heavy (non-hydrogen) atoms. The Morgan fingerprint density at radius 1 is 1.26 bits per heavy atom. The molecule has 0 aromatic heterocycles. The average molecular weight is 309 g/mol. The first-order valence-electron chi connectivity index (χ1n) is 7.56. The van der Waals surface area contributed by atoms with E-state index in [9.17, 15) is 10.1 Å². The summed E-state index contributed by atoms with van der Waals surface area (Å²) in [5.74, 6) is 0.390. The van der Waals surface area contributed by atoms with Crippen molar-refractivity contribution in [3.05, 3.63) is 58.7 Å². The Hall–Kier alpha value is -2.80. The van der Waals surface area contributed by atoms with Crippen molar-refractivity contribution < 1.29 is 14.6 Å². The first-order valence-corrected chi connectivity index (χ1v) is 7.56. The zero-order valence-corrected chi connectivity index (χ0v) is 13.3. The number of hydrogen-bond donors (Lipinski definition) is 1. The van der Waals surface area contributed by atoms with Gasteiger partial charge in [0.1, 0.15) is 17.6 Å². The standard InChI is InChI=1S/C19H19NO3/c1-3-14-11-16(9-7-15(14)8-10-19(21)22)23-18-6-4-5-13(2)17(18)12-20/h4-7,9,11H,3,8,10H2,1-2H3,(H,21,22). The van der Waals surface area contributed by atoms with Gasteiger partial charge in [-0.3, -0.25) is 4.79 Å². The average Bonchev–Trinajstić information content (AvgIpc) is 2.53. The Bertz CT molecular complexity index is 760. The highest BCUT2D eigenvalue weighted by atomic mass is 16.5. The number of aliphatic carboxylic acids is 1. The number of carboxylic acids is 1. The van der Waals surface area contributed by atoms with Crippen LogP contribution in [0.5, 0.6) is 11.5 Å². The van der Waals surface area contributed by atoms with Crippen molar-refractivity contribution in [2.24, 2.45) is 0 Å². The van der Waals surface area contributed by atoms with Gasteiger partial charge in [-0.15, -0.1) is 0 Å². The largest absolute Gasteiger partial charge is 0.481 e. The molecule has 0 radical (unpaired) electrons. The van der Waals surface area contributed by atoms with E-state index in [4.69, 9.17) is 9.84 Å². The summed E-state index contributed by atoms with van der Waals surface area (Å²) in [6.45, 7) is 3.90. The summed E-state index contributed by atoms with van der Waals surface area (Å²) >= 11 is 0. The number of rotatable bonds is 6. The van der Waals surface area contributed by atoms with Crippen LogP contribution >= 0.6 is 0 Å². The minimum atomic E-state index is -0.800. The van der Waals surface area contributed by atoms with Crippen molar-refractivity contribution in [3.63, 3.8) is 0 Å². The topological polar surface area (TPSA) is 70.3 Å². The Balaban J connectivity index is 2.27. The van der Waals surface area contributed by atoms with Crippen LogP contribution in [0.3, 0.4) is 0 Å². The molecule has 0 bridgehead atoms. The monoisotopic (exact) mass is 309 g/mol. The molecule has 0 saturated heterocycles. The van der Waals surface area contributed by atoms with Crippen molar-refractivity contribution in [3.8, 4) is 17.6 Å². The molecule has 0 amide bonds. The van der Waals surface area contributed by atoms with E-state index in [0.29, 0.717) is 23.5 Å². The molecule has 0 aliphatic carbocycles. The molecule has 0 unspecified atom stereocenters. The van der Waals surface area contributed by atoms with Crippen molar-refractivity contribution >= 4 is 5.97 Å². The lowest BCUT2D eigenvalue weighted by molar-refractivity contribution is -0.136. The maximum Gasteiger partial charge on any atom is 0.303 e. The molecular weight excluding hydrogens is 290 g/mol. The Morgan fingerprint density at radius 2 is 2.04 bits per heavy atom. The van der Waals surface area contributed by atoms with Crippen LogP contribution in [0.2, 0.25) is 0 Å². The number of aryl methyl sites for hydroxylation is 3. The van der Waals surface area contributed by atoms with Gasteiger partial charge in [0.2, 0.25) is 0 Å². The number of hydrogen-bond acceptors (Lipinski definition) is 3. The number of nitriles is 1. The minimum Gasteiger partial charge on any atom is -0.481 e. The minimum absolute atomic E-state index is 0.115. The van der Waals surface area contributed by atoms with Gasteiger partial charge in [-0.05, 0) is 54.7 Å². The molecule has 2 aromatic carbocycles. The highest BCUT2D eigenvalue weighted by Crippen LogP contribution is 2.29. The van der Waals surface area contributed by atoms with E-state index >= 15 is 0 Å². The van der Waals surface area contributed by atoms with E-state index < -0.39 is 5.97 Å². The summed E-state index contributed by atoms with van der Waals surface area (Å²) in [7, 11) is 0. The maximum absolute atomic E-state index is 10.7. The lowest BCUT2D eigenvalue weighted by Gasteiger charge is -2.12. The summed E-state index contributed by atoms with van der Waals surface area (Å²) in [5, 5.41) is 18.1. The second-order valence-corrected chi connectivity index (χ2v) is 5.34. The van der Waals surface area contributed by atoms with Gasteiger partial charge < -0.3 is 9.84 Å². The fraction of sp³-hybridized carbons (Fsp3) is 0.263. The molecule has 0 spiro atoms. The summed E-state index contributed by atoms with van der Waals surface area (Å²) in [6.07, 6.45) is 1.42. The molecule has 0 atom stereocenters. The Kier molecular flexibility index (Phi) is 5.37. The molecule has 2 rings (SSSR count). The van der Waals surface area contributed by atoms with Crippen LogP contribution in [0.4, 0.5) is 0 Å². The van der Waals surface area contributed by atoms with Gasteiger partial charge in [-0.2, -0.15) is 5.26 Å². The molecule has 0 fully saturated rings. The quantitative estimate of drug-likeness (QED) is 0.866. The highest BCUT2D eigenvalue weighted by Gasteiger charge is 2.10. The highest BCUT2D eigenvalue weighted by molar-refractivity contribution is 5.67. The van der Waals surface area contributed by atoms with E-state index in [1.807, 2.05) is 44.2 Å². The van der Waals surface area contributed by atoms with Crippen molar-refractivity contribution in [1.29, 1.82) is 5.26 Å². The third-order valence-electron chi connectivity index (χ3n) is 3.74. The third-order valence-corrected chi connectivity index (χ3v) is 3.74. The number of ether oxygens (including phenoxy) is 1. The van der Waals surface area contributed by atoms with Crippen LogP contribution in [-0.4, -0.2) is 11.1 Å². The lowest BCUT2D eigenvalue weighted by atomic mass is 10.0. The van der Waals surface area contributed by atoms with Crippen LogP contribution in [0.1, 0.15) is 35.6 Å². The predicted molar refractivity (Wildman–Crippen MR) is 87.7 cm³/mol. The van der Waals surface area contributed by atoms with Crippen LogP contribution < -0.4 is 4.74 Å². The molecule has 2 aromatic rings. The number of benzene rings is 2. The van der Waals surface area contributed by atoms with E-state index in [2.05, 4.69) is 6.07 Å². The SMILES string of the molecule is CCc1cc(Oc2cccc(C)c2C#N)ccc1CCC(=O)O. The molecule has 4 nitrogen and oxygen atoms in total. The molecule has 0 saturated carbocycles. The fourth-order valence-electron chi connectivity index (χ4n) is 2.48.